The standard InChI is InChI=1S/C17H22N2O2/c1-3-10-19-11-9-14(13-19)12-18-16(17(20)21-2)15-7-5-4-6-8-15/h4-9,11,13,16,18H,3,10,12H2,1-2H3. The first-order valence-electron chi connectivity index (χ1n) is 7.25. The van der Waals surface area contributed by atoms with Gasteiger partial charge in [0.05, 0.1) is 7.11 Å². The van der Waals surface area contributed by atoms with Crippen molar-refractivity contribution >= 4 is 5.97 Å². The summed E-state index contributed by atoms with van der Waals surface area (Å²) in [5.74, 6) is -0.269. The smallest absolute Gasteiger partial charge is 0.327 e. The largest absolute Gasteiger partial charge is 0.468 e. The molecule has 1 unspecified atom stereocenters. The molecule has 21 heavy (non-hydrogen) atoms. The van der Waals surface area contributed by atoms with Crippen molar-refractivity contribution in [3.8, 4) is 0 Å². The molecule has 0 aliphatic rings. The highest BCUT2D eigenvalue weighted by Crippen LogP contribution is 2.15. The molecule has 0 amide bonds. The minimum absolute atomic E-state index is 0.269. The Balaban J connectivity index is 2.03. The van der Waals surface area contributed by atoms with Crippen LogP contribution in [0.3, 0.4) is 0 Å². The number of aryl methyl sites for hydroxylation is 1. The number of methoxy groups -OCH3 is 1. The van der Waals surface area contributed by atoms with Gasteiger partial charge in [-0.3, -0.25) is 5.32 Å². The van der Waals surface area contributed by atoms with Gasteiger partial charge in [0.1, 0.15) is 6.04 Å². The van der Waals surface area contributed by atoms with E-state index in [-0.39, 0.29) is 5.97 Å². The summed E-state index contributed by atoms with van der Waals surface area (Å²) in [4.78, 5) is 12.0. The van der Waals surface area contributed by atoms with Gasteiger partial charge in [0.25, 0.3) is 0 Å². The molecule has 1 aromatic carbocycles. The highest BCUT2D eigenvalue weighted by atomic mass is 16.5. The lowest BCUT2D eigenvalue weighted by molar-refractivity contribution is -0.143. The Labute approximate surface area is 125 Å². The van der Waals surface area contributed by atoms with E-state index in [2.05, 4.69) is 35.3 Å². The van der Waals surface area contributed by atoms with Crippen LogP contribution in [0.2, 0.25) is 0 Å². The van der Waals surface area contributed by atoms with Crippen molar-refractivity contribution < 1.29 is 9.53 Å². The lowest BCUT2D eigenvalue weighted by atomic mass is 10.1. The monoisotopic (exact) mass is 286 g/mol. The van der Waals surface area contributed by atoms with Crippen molar-refractivity contribution in [1.82, 2.24) is 9.88 Å². The number of hydrogen-bond donors (Lipinski definition) is 1. The number of ether oxygens (including phenoxy) is 1. The lowest BCUT2D eigenvalue weighted by Gasteiger charge is -2.16. The molecule has 0 fully saturated rings. The second kappa shape index (κ2) is 7.64. The van der Waals surface area contributed by atoms with Crippen molar-refractivity contribution in [2.75, 3.05) is 7.11 Å². The van der Waals surface area contributed by atoms with Crippen LogP contribution in [-0.2, 0) is 22.6 Å². The van der Waals surface area contributed by atoms with E-state index < -0.39 is 6.04 Å². The van der Waals surface area contributed by atoms with Crippen LogP contribution in [-0.4, -0.2) is 17.6 Å². The second-order valence-electron chi connectivity index (χ2n) is 5.01. The van der Waals surface area contributed by atoms with E-state index in [9.17, 15) is 4.79 Å². The number of hydrogen-bond acceptors (Lipinski definition) is 3. The van der Waals surface area contributed by atoms with Gasteiger partial charge in [-0.15, -0.1) is 0 Å². The fourth-order valence-corrected chi connectivity index (χ4v) is 2.31. The molecule has 1 aromatic heterocycles. The third kappa shape index (κ3) is 4.20. The molecule has 0 saturated carbocycles. The minimum Gasteiger partial charge on any atom is -0.468 e. The van der Waals surface area contributed by atoms with Crippen molar-refractivity contribution in [3.63, 3.8) is 0 Å². The summed E-state index contributed by atoms with van der Waals surface area (Å²) in [6.45, 7) is 3.80. The average molecular weight is 286 g/mol. The van der Waals surface area contributed by atoms with Gasteiger partial charge in [-0.2, -0.15) is 0 Å². The minimum atomic E-state index is -0.439. The van der Waals surface area contributed by atoms with Gasteiger partial charge in [0.2, 0.25) is 0 Å². The van der Waals surface area contributed by atoms with Crippen molar-refractivity contribution in [3.05, 3.63) is 59.9 Å². The summed E-state index contributed by atoms with van der Waals surface area (Å²) in [6, 6.07) is 11.3. The zero-order chi connectivity index (χ0) is 15.1. The van der Waals surface area contributed by atoms with Crippen LogP contribution in [0.1, 0.15) is 30.5 Å². The summed E-state index contributed by atoms with van der Waals surface area (Å²) < 4.78 is 7.05. The molecule has 0 radical (unpaired) electrons. The van der Waals surface area contributed by atoms with Crippen LogP contribution < -0.4 is 5.32 Å². The molecular weight excluding hydrogens is 264 g/mol. The number of benzene rings is 1. The summed E-state index contributed by atoms with van der Waals surface area (Å²) in [5, 5.41) is 3.27. The zero-order valence-electron chi connectivity index (χ0n) is 12.6. The molecule has 2 aromatic rings. The zero-order valence-corrected chi connectivity index (χ0v) is 12.6. The van der Waals surface area contributed by atoms with Gasteiger partial charge in [0, 0.05) is 25.5 Å². The topological polar surface area (TPSA) is 43.3 Å². The number of aromatic nitrogens is 1. The van der Waals surface area contributed by atoms with Gasteiger partial charge in [0.15, 0.2) is 0 Å². The second-order valence-corrected chi connectivity index (χ2v) is 5.01. The molecule has 0 aliphatic carbocycles. The molecule has 0 aliphatic heterocycles. The molecule has 0 spiro atoms. The lowest BCUT2D eigenvalue weighted by Crippen LogP contribution is -2.29. The van der Waals surface area contributed by atoms with Gasteiger partial charge in [-0.1, -0.05) is 37.3 Å². The fraction of sp³-hybridized carbons (Fsp3) is 0.353. The molecular formula is C17H22N2O2. The average Bonchev–Trinajstić information content (AvgIpc) is 2.96. The number of nitrogens with zero attached hydrogens (tertiary/aromatic N) is 1. The maximum atomic E-state index is 12.0. The Bertz CT molecular complexity index is 563. The molecule has 0 saturated heterocycles. The SMILES string of the molecule is CCCn1ccc(CNC(C(=O)OC)c2ccccc2)c1. The Hall–Kier alpha value is -2.07. The van der Waals surface area contributed by atoms with Crippen LogP contribution in [0.4, 0.5) is 0 Å². The van der Waals surface area contributed by atoms with E-state index in [1.807, 2.05) is 30.3 Å². The quantitative estimate of drug-likeness (QED) is 0.796. The van der Waals surface area contributed by atoms with Gasteiger partial charge in [-0.25, -0.2) is 4.79 Å². The Morgan fingerprint density at radius 2 is 2.05 bits per heavy atom. The highest BCUT2D eigenvalue weighted by Gasteiger charge is 2.20. The van der Waals surface area contributed by atoms with Crippen LogP contribution in [0.15, 0.2) is 48.8 Å². The number of rotatable bonds is 7. The fourth-order valence-electron chi connectivity index (χ4n) is 2.31. The number of carbonyl (C=O) groups is 1. The van der Waals surface area contributed by atoms with Crippen LogP contribution in [0.5, 0.6) is 0 Å². The first-order valence-corrected chi connectivity index (χ1v) is 7.25. The number of nitrogens with one attached hydrogen (secondary N) is 1. The first-order chi connectivity index (χ1) is 10.2. The van der Waals surface area contributed by atoms with Crippen molar-refractivity contribution in [2.24, 2.45) is 0 Å². The van der Waals surface area contributed by atoms with Gasteiger partial charge in [-0.05, 0) is 23.6 Å². The molecule has 1 atom stereocenters. The van der Waals surface area contributed by atoms with Crippen LogP contribution in [0, 0.1) is 0 Å². The summed E-state index contributed by atoms with van der Waals surface area (Å²) >= 11 is 0. The molecule has 1 heterocycles. The number of esters is 1. The van der Waals surface area contributed by atoms with E-state index >= 15 is 0 Å². The van der Waals surface area contributed by atoms with E-state index in [0.717, 1.165) is 24.1 Å². The normalized spacial score (nSPS) is 12.1. The van der Waals surface area contributed by atoms with E-state index in [1.165, 1.54) is 7.11 Å². The Morgan fingerprint density at radius 3 is 2.71 bits per heavy atom. The van der Waals surface area contributed by atoms with Crippen molar-refractivity contribution in [1.29, 1.82) is 0 Å². The predicted octanol–water partition coefficient (Wildman–Crippen LogP) is 2.90. The predicted molar refractivity (Wildman–Crippen MR) is 82.8 cm³/mol. The third-order valence-electron chi connectivity index (χ3n) is 3.37. The summed E-state index contributed by atoms with van der Waals surface area (Å²) in [7, 11) is 1.41. The van der Waals surface area contributed by atoms with E-state index in [4.69, 9.17) is 4.74 Å². The maximum absolute atomic E-state index is 12.0. The summed E-state index contributed by atoms with van der Waals surface area (Å²) in [5.41, 5.74) is 2.07. The molecule has 112 valence electrons. The number of carbonyl (C=O) groups excluding carboxylic acids is 1. The summed E-state index contributed by atoms with van der Waals surface area (Å²) in [6.07, 6.45) is 5.28. The first kappa shape index (κ1) is 15.3. The van der Waals surface area contributed by atoms with Gasteiger partial charge < -0.3 is 9.30 Å². The molecule has 4 heteroatoms. The highest BCUT2D eigenvalue weighted by molar-refractivity contribution is 5.77. The molecule has 1 N–H and O–H groups in total. The third-order valence-corrected chi connectivity index (χ3v) is 3.37. The molecule has 4 nitrogen and oxygen atoms in total. The van der Waals surface area contributed by atoms with Crippen LogP contribution >= 0.6 is 0 Å². The van der Waals surface area contributed by atoms with Crippen molar-refractivity contribution in [2.45, 2.75) is 32.5 Å². The van der Waals surface area contributed by atoms with E-state index in [0.29, 0.717) is 6.54 Å². The maximum Gasteiger partial charge on any atom is 0.327 e. The van der Waals surface area contributed by atoms with E-state index in [1.54, 1.807) is 0 Å². The Morgan fingerprint density at radius 1 is 1.29 bits per heavy atom. The van der Waals surface area contributed by atoms with Gasteiger partial charge >= 0.3 is 5.97 Å². The van der Waals surface area contributed by atoms with Crippen LogP contribution in [0.25, 0.3) is 0 Å². The molecule has 0 bridgehead atoms. The Kier molecular flexibility index (Phi) is 5.58. The molecule has 2 rings (SSSR count).